The maximum absolute atomic E-state index is 13.1. The fourth-order valence-corrected chi connectivity index (χ4v) is 4.59. The van der Waals surface area contributed by atoms with Gasteiger partial charge in [0.1, 0.15) is 11.5 Å². The van der Waals surface area contributed by atoms with Gasteiger partial charge < -0.3 is 15.3 Å². The molecule has 9 nitrogen and oxygen atoms in total. The maximum Gasteiger partial charge on any atom is 0.183 e. The molecule has 7 aromatic rings. The van der Waals surface area contributed by atoms with Crippen LogP contribution in [0.3, 0.4) is 0 Å². The first-order valence-electron chi connectivity index (χ1n) is 11.8. The Morgan fingerprint density at radius 1 is 0.892 bits per heavy atom. The highest BCUT2D eigenvalue weighted by molar-refractivity contribution is 6.02. The van der Waals surface area contributed by atoms with Crippen LogP contribution in [0.2, 0.25) is 0 Å². The Hall–Kier alpha value is -5.31. The van der Waals surface area contributed by atoms with E-state index in [1.54, 1.807) is 18.6 Å². The molecule has 37 heavy (non-hydrogen) atoms. The Morgan fingerprint density at radius 2 is 1.84 bits per heavy atom. The number of pyridine rings is 1. The van der Waals surface area contributed by atoms with Crippen LogP contribution >= 0.6 is 0 Å². The van der Waals surface area contributed by atoms with Crippen molar-refractivity contribution >= 4 is 50.1 Å². The molecule has 0 bridgehead atoms. The van der Waals surface area contributed by atoms with E-state index in [0.717, 1.165) is 49.7 Å². The second-order valence-corrected chi connectivity index (χ2v) is 8.86. The van der Waals surface area contributed by atoms with Crippen LogP contribution in [0.15, 0.2) is 85.5 Å². The van der Waals surface area contributed by atoms with Gasteiger partial charge in [0.15, 0.2) is 11.6 Å². The molecule has 0 unspecified atom stereocenters. The first-order valence-corrected chi connectivity index (χ1v) is 11.8. The predicted octanol–water partition coefficient (Wildman–Crippen LogP) is 5.55. The molecule has 178 valence electrons. The van der Waals surface area contributed by atoms with Crippen LogP contribution in [-0.2, 0) is 6.42 Å². The second kappa shape index (κ2) is 8.42. The molecular weight excluding hydrogens is 464 g/mol. The predicted molar refractivity (Wildman–Crippen MR) is 143 cm³/mol. The topological polar surface area (TPSA) is 128 Å². The average molecular weight is 485 g/mol. The lowest BCUT2D eigenvalue weighted by molar-refractivity contribution is 0.0989. The number of aromatic nitrogens is 7. The molecule has 0 saturated heterocycles. The molecule has 0 radical (unpaired) electrons. The van der Waals surface area contributed by atoms with E-state index in [9.17, 15) is 4.79 Å². The fourth-order valence-electron chi connectivity index (χ4n) is 4.59. The van der Waals surface area contributed by atoms with Gasteiger partial charge in [-0.1, -0.05) is 12.1 Å². The number of benzene rings is 2. The van der Waals surface area contributed by atoms with Crippen LogP contribution in [0.4, 0.5) is 11.5 Å². The number of hydrogen-bond acceptors (Lipinski definition) is 6. The summed E-state index contributed by atoms with van der Waals surface area (Å²) in [7, 11) is 0. The number of ketones is 1. The molecule has 0 atom stereocenters. The maximum atomic E-state index is 13.1. The van der Waals surface area contributed by atoms with Crippen molar-refractivity contribution in [2.75, 3.05) is 5.32 Å². The van der Waals surface area contributed by atoms with Gasteiger partial charge in [-0.05, 0) is 54.1 Å². The quantitative estimate of drug-likeness (QED) is 0.229. The normalized spacial score (nSPS) is 11.5. The van der Waals surface area contributed by atoms with Crippen molar-refractivity contribution in [3.05, 3.63) is 96.7 Å². The third-order valence-corrected chi connectivity index (χ3v) is 6.45. The van der Waals surface area contributed by atoms with E-state index >= 15 is 0 Å². The summed E-state index contributed by atoms with van der Waals surface area (Å²) in [6.07, 6.45) is 7.36. The van der Waals surface area contributed by atoms with Crippen molar-refractivity contribution in [1.29, 1.82) is 0 Å². The van der Waals surface area contributed by atoms with Crippen LogP contribution in [0, 0.1) is 0 Å². The van der Waals surface area contributed by atoms with Crippen LogP contribution in [0.5, 0.6) is 0 Å². The zero-order valence-corrected chi connectivity index (χ0v) is 19.5. The summed E-state index contributed by atoms with van der Waals surface area (Å²) < 4.78 is 0. The van der Waals surface area contributed by atoms with E-state index < -0.39 is 0 Å². The third kappa shape index (κ3) is 3.88. The van der Waals surface area contributed by atoms with Crippen molar-refractivity contribution in [1.82, 2.24) is 35.1 Å². The van der Waals surface area contributed by atoms with Crippen LogP contribution in [-0.4, -0.2) is 40.9 Å². The fraction of sp³-hybridized carbons (Fsp3) is 0.0357. The lowest BCUT2D eigenvalue weighted by Crippen LogP contribution is -2.04. The van der Waals surface area contributed by atoms with Crippen LogP contribution < -0.4 is 5.32 Å². The molecule has 0 fully saturated rings. The number of aromatic amines is 3. The van der Waals surface area contributed by atoms with Gasteiger partial charge in [-0.3, -0.25) is 9.89 Å². The summed E-state index contributed by atoms with van der Waals surface area (Å²) >= 11 is 0. The standard InChI is InChI=1S/C28H20N8O/c37-25(14-16-5-8-30-28-21(16)6-9-31-28)24-12-17-1-2-18(13-23(17)34-24)27-29-10-7-26(35-27)33-20-3-4-22-19(11-20)15-32-36-22/h1-13,15,34H,14H2,(H,30,31)(H,32,36)(H,29,33,35). The lowest BCUT2D eigenvalue weighted by Gasteiger charge is -2.07. The molecule has 4 N–H and O–H groups in total. The summed E-state index contributed by atoms with van der Waals surface area (Å²) in [4.78, 5) is 32.9. The number of carbonyl (C=O) groups is 1. The van der Waals surface area contributed by atoms with Crippen molar-refractivity contribution < 1.29 is 4.79 Å². The lowest BCUT2D eigenvalue weighted by atomic mass is 10.1. The number of nitrogens with zero attached hydrogens (tertiary/aromatic N) is 4. The van der Waals surface area contributed by atoms with Crippen molar-refractivity contribution in [3.8, 4) is 11.4 Å². The number of anilines is 2. The molecule has 0 amide bonds. The Bertz CT molecular complexity index is 1930. The Balaban J connectivity index is 1.15. The van der Waals surface area contributed by atoms with Crippen LogP contribution in [0.25, 0.3) is 44.2 Å². The molecule has 0 spiro atoms. The van der Waals surface area contributed by atoms with E-state index in [-0.39, 0.29) is 12.2 Å². The molecule has 9 heteroatoms. The van der Waals surface area contributed by atoms with Crippen molar-refractivity contribution in [3.63, 3.8) is 0 Å². The van der Waals surface area contributed by atoms with Crippen molar-refractivity contribution in [2.45, 2.75) is 6.42 Å². The molecule has 5 heterocycles. The van der Waals surface area contributed by atoms with Gasteiger partial charge in [0.05, 0.1) is 17.4 Å². The third-order valence-electron chi connectivity index (χ3n) is 6.45. The Labute approximate surface area is 210 Å². The minimum atomic E-state index is 0.0171. The summed E-state index contributed by atoms with van der Waals surface area (Å²) in [5.74, 6) is 1.29. The molecule has 7 rings (SSSR count). The Morgan fingerprint density at radius 3 is 2.81 bits per heavy atom. The summed E-state index contributed by atoms with van der Waals surface area (Å²) in [5.41, 5.74) is 5.89. The first kappa shape index (κ1) is 21.0. The Kier molecular flexibility index (Phi) is 4.78. The van der Waals surface area contributed by atoms with Gasteiger partial charge in [0.25, 0.3) is 0 Å². The molecule has 2 aromatic carbocycles. The summed E-state index contributed by atoms with van der Waals surface area (Å²) in [6, 6.07) is 19.4. The molecular formula is C28H20N8O. The second-order valence-electron chi connectivity index (χ2n) is 8.86. The number of carbonyl (C=O) groups excluding carboxylic acids is 1. The number of H-pyrrole nitrogens is 3. The highest BCUT2D eigenvalue weighted by atomic mass is 16.1. The first-order chi connectivity index (χ1) is 18.2. The number of fused-ring (bicyclic) bond motifs is 3. The average Bonchev–Trinajstić information content (AvgIpc) is 3.67. The highest BCUT2D eigenvalue weighted by Gasteiger charge is 2.14. The molecule has 0 aliphatic heterocycles. The molecule has 0 aliphatic carbocycles. The summed E-state index contributed by atoms with van der Waals surface area (Å²) in [6.45, 7) is 0. The smallest absolute Gasteiger partial charge is 0.183 e. The number of Topliss-reactive ketones (excluding diaryl/α,β-unsaturated/α-hetero) is 1. The van der Waals surface area contributed by atoms with Crippen LogP contribution in [0.1, 0.15) is 16.1 Å². The minimum Gasteiger partial charge on any atom is -0.352 e. The van der Waals surface area contributed by atoms with Gasteiger partial charge in [-0.2, -0.15) is 5.10 Å². The van der Waals surface area contributed by atoms with Gasteiger partial charge in [0, 0.05) is 57.9 Å². The number of rotatable bonds is 6. The van der Waals surface area contributed by atoms with Gasteiger partial charge in [-0.15, -0.1) is 0 Å². The van der Waals surface area contributed by atoms with E-state index in [1.807, 2.05) is 66.9 Å². The molecule has 0 aliphatic rings. The molecule has 5 aromatic heterocycles. The zero-order valence-electron chi connectivity index (χ0n) is 19.5. The summed E-state index contributed by atoms with van der Waals surface area (Å²) in [5, 5.41) is 13.3. The minimum absolute atomic E-state index is 0.0171. The SMILES string of the molecule is O=C(Cc1ccnc2[nH]ccc12)c1cc2ccc(-c3nccc(Nc4ccc5[nH]ncc5c4)n3)cc2[nH]1. The van der Waals surface area contributed by atoms with E-state index in [4.69, 9.17) is 4.98 Å². The molecule has 0 saturated carbocycles. The zero-order chi connectivity index (χ0) is 24.8. The van der Waals surface area contributed by atoms with E-state index in [1.165, 1.54) is 0 Å². The number of nitrogens with one attached hydrogen (secondary N) is 4. The van der Waals surface area contributed by atoms with Gasteiger partial charge in [-0.25, -0.2) is 15.0 Å². The van der Waals surface area contributed by atoms with Gasteiger partial charge >= 0.3 is 0 Å². The van der Waals surface area contributed by atoms with E-state index in [2.05, 4.69) is 35.5 Å². The van der Waals surface area contributed by atoms with Gasteiger partial charge in [0.2, 0.25) is 0 Å². The highest BCUT2D eigenvalue weighted by Crippen LogP contribution is 2.26. The van der Waals surface area contributed by atoms with Crippen molar-refractivity contribution in [2.24, 2.45) is 0 Å². The monoisotopic (exact) mass is 484 g/mol. The number of hydrogen-bond donors (Lipinski definition) is 4. The largest absolute Gasteiger partial charge is 0.352 e. The van der Waals surface area contributed by atoms with E-state index in [0.29, 0.717) is 17.3 Å².